The number of hydrogen-bond donors (Lipinski definition) is 1. The minimum atomic E-state index is -0.830. The summed E-state index contributed by atoms with van der Waals surface area (Å²) >= 11 is 12.1. The molecule has 1 atom stereocenters. The van der Waals surface area contributed by atoms with Crippen LogP contribution in [0.4, 0.5) is 8.78 Å². The van der Waals surface area contributed by atoms with Crippen molar-refractivity contribution in [2.45, 2.75) is 18.9 Å². The first-order valence-electron chi connectivity index (χ1n) is 6.56. The molecule has 0 saturated carbocycles. The molecule has 2 aromatic carbocycles. The molecule has 0 aliphatic heterocycles. The third-order valence-corrected chi connectivity index (χ3v) is 4.26. The van der Waals surface area contributed by atoms with Crippen molar-refractivity contribution >= 4 is 23.2 Å². The van der Waals surface area contributed by atoms with Crippen LogP contribution in [0.5, 0.6) is 0 Å². The maximum atomic E-state index is 13.7. The Morgan fingerprint density at radius 3 is 2.33 bits per heavy atom. The summed E-state index contributed by atoms with van der Waals surface area (Å²) < 4.78 is 27.0. The van der Waals surface area contributed by atoms with Crippen LogP contribution in [-0.4, -0.2) is 13.1 Å². The van der Waals surface area contributed by atoms with Gasteiger partial charge < -0.3 is 5.32 Å². The summed E-state index contributed by atoms with van der Waals surface area (Å²) in [5, 5.41) is 4.09. The molecule has 112 valence electrons. The maximum Gasteiger partial charge on any atom is 0.162 e. The lowest BCUT2D eigenvalue weighted by Crippen LogP contribution is -2.30. The Balaban J connectivity index is 2.17. The van der Waals surface area contributed by atoms with Gasteiger partial charge in [-0.25, -0.2) is 8.78 Å². The topological polar surface area (TPSA) is 12.0 Å². The van der Waals surface area contributed by atoms with Crippen LogP contribution in [0.3, 0.4) is 0 Å². The average Bonchev–Trinajstić information content (AvgIpc) is 2.47. The van der Waals surface area contributed by atoms with Crippen LogP contribution in [0.1, 0.15) is 11.1 Å². The summed E-state index contributed by atoms with van der Waals surface area (Å²) in [5.74, 6) is -1.63. The number of nitrogens with one attached hydrogen (secondary N) is 1. The van der Waals surface area contributed by atoms with Gasteiger partial charge in [-0.05, 0) is 43.1 Å². The summed E-state index contributed by atoms with van der Waals surface area (Å²) in [6.07, 6.45) is 0.939. The summed E-state index contributed by atoms with van der Waals surface area (Å²) in [7, 11) is 1.78. The molecule has 0 fully saturated rings. The first kappa shape index (κ1) is 16.2. The van der Waals surface area contributed by atoms with E-state index in [0.717, 1.165) is 11.6 Å². The molecule has 0 heterocycles. The minimum Gasteiger partial charge on any atom is -0.316 e. The Morgan fingerprint density at radius 1 is 1.00 bits per heavy atom. The van der Waals surface area contributed by atoms with E-state index in [2.05, 4.69) is 5.32 Å². The van der Waals surface area contributed by atoms with Crippen molar-refractivity contribution in [3.8, 4) is 0 Å². The van der Waals surface area contributed by atoms with Crippen LogP contribution in [0.2, 0.25) is 10.0 Å². The molecule has 2 rings (SSSR count). The molecule has 5 heteroatoms. The Kier molecular flexibility index (Phi) is 5.57. The molecule has 0 spiro atoms. The fourth-order valence-electron chi connectivity index (χ4n) is 2.22. The SMILES string of the molecule is CNC(Cc1cccc(F)c1F)Cc1cccc(Cl)c1Cl. The molecule has 0 saturated heterocycles. The fraction of sp³-hybridized carbons (Fsp3) is 0.250. The van der Waals surface area contributed by atoms with Gasteiger partial charge in [-0.3, -0.25) is 0 Å². The monoisotopic (exact) mass is 329 g/mol. The lowest BCUT2D eigenvalue weighted by atomic mass is 9.98. The molecule has 0 aromatic heterocycles. The van der Waals surface area contributed by atoms with Gasteiger partial charge in [0.2, 0.25) is 0 Å². The number of halogens is 4. The van der Waals surface area contributed by atoms with Crippen LogP contribution in [-0.2, 0) is 12.8 Å². The Morgan fingerprint density at radius 2 is 1.62 bits per heavy atom. The number of rotatable bonds is 5. The maximum absolute atomic E-state index is 13.7. The highest BCUT2D eigenvalue weighted by molar-refractivity contribution is 6.42. The van der Waals surface area contributed by atoms with Gasteiger partial charge in [0.05, 0.1) is 10.0 Å². The third-order valence-electron chi connectivity index (χ3n) is 3.40. The van der Waals surface area contributed by atoms with Crippen LogP contribution in [0.15, 0.2) is 36.4 Å². The molecular weight excluding hydrogens is 315 g/mol. The fourth-order valence-corrected chi connectivity index (χ4v) is 2.62. The lowest BCUT2D eigenvalue weighted by Gasteiger charge is -2.18. The molecule has 1 N–H and O–H groups in total. The predicted molar refractivity (Wildman–Crippen MR) is 83.1 cm³/mol. The molecule has 0 bridgehead atoms. The summed E-state index contributed by atoms with van der Waals surface area (Å²) in [6.45, 7) is 0. The first-order valence-corrected chi connectivity index (χ1v) is 7.31. The van der Waals surface area contributed by atoms with E-state index in [4.69, 9.17) is 23.2 Å². The van der Waals surface area contributed by atoms with Crippen molar-refractivity contribution in [1.82, 2.24) is 5.32 Å². The van der Waals surface area contributed by atoms with E-state index in [0.29, 0.717) is 28.5 Å². The van der Waals surface area contributed by atoms with Gasteiger partial charge in [0.1, 0.15) is 0 Å². The zero-order valence-electron chi connectivity index (χ0n) is 11.5. The average molecular weight is 330 g/mol. The van der Waals surface area contributed by atoms with Gasteiger partial charge in [0.15, 0.2) is 11.6 Å². The van der Waals surface area contributed by atoms with Crippen molar-refractivity contribution < 1.29 is 8.78 Å². The van der Waals surface area contributed by atoms with Gasteiger partial charge in [0, 0.05) is 6.04 Å². The van der Waals surface area contributed by atoms with Crippen molar-refractivity contribution in [2.24, 2.45) is 0 Å². The second-order valence-electron chi connectivity index (χ2n) is 4.82. The van der Waals surface area contributed by atoms with Crippen molar-refractivity contribution in [1.29, 1.82) is 0 Å². The summed E-state index contributed by atoms with van der Waals surface area (Å²) in [4.78, 5) is 0. The molecule has 0 aliphatic carbocycles. The molecule has 1 unspecified atom stereocenters. The zero-order chi connectivity index (χ0) is 15.4. The van der Waals surface area contributed by atoms with Crippen LogP contribution in [0, 0.1) is 11.6 Å². The number of benzene rings is 2. The normalized spacial score (nSPS) is 12.4. The van der Waals surface area contributed by atoms with Gasteiger partial charge in [-0.15, -0.1) is 0 Å². The van der Waals surface area contributed by atoms with Crippen LogP contribution >= 0.6 is 23.2 Å². The quantitative estimate of drug-likeness (QED) is 0.842. The summed E-state index contributed by atoms with van der Waals surface area (Å²) in [5.41, 5.74) is 1.22. The molecular formula is C16H15Cl2F2N. The first-order chi connectivity index (χ1) is 10.0. The zero-order valence-corrected chi connectivity index (χ0v) is 13.0. The molecule has 0 aliphatic rings. The second kappa shape index (κ2) is 7.21. The van der Waals surface area contributed by atoms with Crippen molar-refractivity contribution in [3.63, 3.8) is 0 Å². The van der Waals surface area contributed by atoms with E-state index in [1.807, 2.05) is 12.1 Å². The molecule has 2 aromatic rings. The minimum absolute atomic E-state index is 0.0720. The lowest BCUT2D eigenvalue weighted by molar-refractivity contribution is 0.482. The van der Waals surface area contributed by atoms with E-state index in [1.165, 1.54) is 6.07 Å². The largest absolute Gasteiger partial charge is 0.316 e. The smallest absolute Gasteiger partial charge is 0.162 e. The highest BCUT2D eigenvalue weighted by Crippen LogP contribution is 2.27. The molecule has 0 radical (unpaired) electrons. The van der Waals surface area contributed by atoms with Crippen molar-refractivity contribution in [3.05, 3.63) is 69.2 Å². The van der Waals surface area contributed by atoms with Crippen molar-refractivity contribution in [2.75, 3.05) is 7.05 Å². The van der Waals surface area contributed by atoms with Gasteiger partial charge >= 0.3 is 0 Å². The van der Waals surface area contributed by atoms with E-state index in [9.17, 15) is 8.78 Å². The molecule has 0 amide bonds. The van der Waals surface area contributed by atoms with E-state index in [1.54, 1.807) is 19.2 Å². The second-order valence-corrected chi connectivity index (χ2v) is 5.60. The highest BCUT2D eigenvalue weighted by atomic mass is 35.5. The van der Waals surface area contributed by atoms with Crippen LogP contribution < -0.4 is 5.32 Å². The number of hydrogen-bond acceptors (Lipinski definition) is 1. The Hall–Kier alpha value is -1.16. The van der Waals surface area contributed by atoms with Gasteiger partial charge in [0.25, 0.3) is 0 Å². The summed E-state index contributed by atoms with van der Waals surface area (Å²) in [6, 6.07) is 9.54. The van der Waals surface area contributed by atoms with Crippen LogP contribution in [0.25, 0.3) is 0 Å². The predicted octanol–water partition coefficient (Wildman–Crippen LogP) is 4.64. The van der Waals surface area contributed by atoms with Gasteiger partial charge in [-0.2, -0.15) is 0 Å². The Labute approximate surface area is 132 Å². The molecule has 1 nitrogen and oxygen atoms in total. The standard InChI is InChI=1S/C16H15Cl2F2N/c1-21-12(8-10-4-2-6-13(17)15(10)18)9-11-5-3-7-14(19)16(11)20/h2-7,12,21H,8-9H2,1H3. The highest BCUT2D eigenvalue weighted by Gasteiger charge is 2.15. The van der Waals surface area contributed by atoms with E-state index < -0.39 is 11.6 Å². The third kappa shape index (κ3) is 3.94. The Bertz CT molecular complexity index is 578. The molecule has 21 heavy (non-hydrogen) atoms. The number of likely N-dealkylation sites (N-methyl/N-ethyl adjacent to an activating group) is 1. The van der Waals surface area contributed by atoms with Gasteiger partial charge in [-0.1, -0.05) is 47.5 Å². The van der Waals surface area contributed by atoms with E-state index >= 15 is 0 Å². The van der Waals surface area contributed by atoms with E-state index in [-0.39, 0.29) is 6.04 Å².